The van der Waals surface area contributed by atoms with Gasteiger partial charge in [0.1, 0.15) is 30.2 Å². The van der Waals surface area contributed by atoms with Crippen molar-refractivity contribution in [2.75, 3.05) is 24.8 Å². The van der Waals surface area contributed by atoms with Gasteiger partial charge < -0.3 is 41.6 Å². The Morgan fingerprint density at radius 1 is 0.913 bits per heavy atom. The minimum absolute atomic E-state index is 0.0465. The zero-order valence-corrected chi connectivity index (χ0v) is 26.1. The number of fused-ring (bicyclic) bond motifs is 6. The van der Waals surface area contributed by atoms with Gasteiger partial charge in [-0.3, -0.25) is 19.2 Å². The molecule has 3 atom stereocenters. The lowest BCUT2D eigenvalue weighted by Gasteiger charge is -2.37. The number of rotatable bonds is 12. The van der Waals surface area contributed by atoms with Crippen LogP contribution in [0.15, 0.2) is 60.7 Å². The van der Waals surface area contributed by atoms with E-state index in [2.05, 4.69) is 16.0 Å². The van der Waals surface area contributed by atoms with Gasteiger partial charge in [-0.2, -0.15) is 0 Å². The van der Waals surface area contributed by atoms with Crippen molar-refractivity contribution in [3.8, 4) is 11.5 Å². The number of anilines is 2. The van der Waals surface area contributed by atoms with Gasteiger partial charge in [-0.25, -0.2) is 0 Å². The molecule has 0 aromatic heterocycles. The number of amides is 4. The summed E-state index contributed by atoms with van der Waals surface area (Å²) in [6, 6.07) is 16.7. The fourth-order valence-corrected chi connectivity index (χ4v) is 5.98. The number of nitrogens with one attached hydrogen (secondary N) is 3. The van der Waals surface area contributed by atoms with Crippen molar-refractivity contribution in [3.63, 3.8) is 0 Å². The quantitative estimate of drug-likeness (QED) is 0.189. The molecule has 2 heterocycles. The predicted octanol–water partition coefficient (Wildman–Crippen LogP) is 3.06. The smallest absolute Gasteiger partial charge is 0.246 e. The fourth-order valence-electron chi connectivity index (χ4n) is 5.98. The first-order valence-electron chi connectivity index (χ1n) is 15.1. The van der Waals surface area contributed by atoms with E-state index >= 15 is 0 Å². The third-order valence-corrected chi connectivity index (χ3v) is 8.02. The molecular weight excluding hydrogens is 590 g/mol. The maximum atomic E-state index is 13.6. The Labute approximate surface area is 267 Å². The molecule has 1 unspecified atom stereocenters. The summed E-state index contributed by atoms with van der Waals surface area (Å²) in [7, 11) is 1.38. The second-order valence-corrected chi connectivity index (χ2v) is 11.9. The van der Waals surface area contributed by atoms with Gasteiger partial charge in [-0.05, 0) is 54.2 Å². The highest BCUT2D eigenvalue weighted by atomic mass is 16.5. The summed E-state index contributed by atoms with van der Waals surface area (Å²) in [5, 5.41) is 8.18. The van der Waals surface area contributed by atoms with Gasteiger partial charge in [0, 0.05) is 48.2 Å². The fraction of sp³-hybridized carbons (Fsp3) is 0.353. The molecule has 0 aliphatic carbocycles. The van der Waals surface area contributed by atoms with Crippen LogP contribution in [0.2, 0.25) is 0 Å². The van der Waals surface area contributed by atoms with Crippen LogP contribution in [-0.4, -0.2) is 49.4 Å². The number of hydrogen-bond donors (Lipinski definition) is 5. The van der Waals surface area contributed by atoms with E-state index in [1.54, 1.807) is 18.2 Å². The third kappa shape index (κ3) is 6.68. The largest absolute Gasteiger partial charge is 0.456 e. The number of ether oxygens (including phenoxy) is 3. The number of carbonyl (C=O) groups is 4. The van der Waals surface area contributed by atoms with Crippen LogP contribution < -0.4 is 32.2 Å². The first kappa shape index (κ1) is 32.5. The van der Waals surface area contributed by atoms with Gasteiger partial charge in [0.25, 0.3) is 0 Å². The van der Waals surface area contributed by atoms with Crippen LogP contribution in [-0.2, 0) is 40.9 Å². The zero-order valence-electron chi connectivity index (χ0n) is 26.1. The second-order valence-electron chi connectivity index (χ2n) is 11.9. The van der Waals surface area contributed by atoms with Crippen LogP contribution in [0.5, 0.6) is 11.5 Å². The summed E-state index contributed by atoms with van der Waals surface area (Å²) in [5.74, 6) is -1.17. The van der Waals surface area contributed by atoms with Crippen LogP contribution in [0.25, 0.3) is 0 Å². The maximum absolute atomic E-state index is 13.6. The molecule has 12 heteroatoms. The first-order chi connectivity index (χ1) is 22.0. The van der Waals surface area contributed by atoms with Crippen molar-refractivity contribution in [1.29, 1.82) is 0 Å². The number of carbonyl (C=O) groups excluding carboxylic acids is 4. The Balaban J connectivity index is 1.42. The van der Waals surface area contributed by atoms with Crippen LogP contribution in [0, 0.1) is 5.92 Å². The zero-order chi connectivity index (χ0) is 33.0. The van der Waals surface area contributed by atoms with Crippen molar-refractivity contribution in [2.45, 2.75) is 57.4 Å². The molecule has 0 radical (unpaired) electrons. The number of methoxy groups -OCH3 is 1. The average Bonchev–Trinajstić information content (AvgIpc) is 3.38. The minimum Gasteiger partial charge on any atom is -0.456 e. The summed E-state index contributed by atoms with van der Waals surface area (Å²) in [5.41, 5.74) is 15.1. The predicted molar refractivity (Wildman–Crippen MR) is 171 cm³/mol. The molecule has 3 aromatic carbocycles. The van der Waals surface area contributed by atoms with Crippen molar-refractivity contribution in [1.82, 2.24) is 10.6 Å². The molecule has 242 valence electrons. The molecule has 4 amide bonds. The number of nitrogens with two attached hydrogens (primary N) is 2. The molecule has 1 spiro atoms. The van der Waals surface area contributed by atoms with E-state index in [0.717, 1.165) is 22.3 Å². The van der Waals surface area contributed by atoms with Crippen LogP contribution in [0.3, 0.4) is 0 Å². The van der Waals surface area contributed by atoms with Crippen molar-refractivity contribution in [2.24, 2.45) is 11.7 Å². The number of nitrogen functional groups attached to an aromatic ring is 1. The van der Waals surface area contributed by atoms with E-state index in [4.69, 9.17) is 25.7 Å². The summed E-state index contributed by atoms with van der Waals surface area (Å²) < 4.78 is 17.7. The molecule has 2 aliphatic heterocycles. The van der Waals surface area contributed by atoms with E-state index in [1.165, 1.54) is 7.11 Å². The van der Waals surface area contributed by atoms with Gasteiger partial charge >= 0.3 is 0 Å². The second kappa shape index (κ2) is 13.6. The Bertz CT molecular complexity index is 1660. The Kier molecular flexibility index (Phi) is 9.59. The Hall–Kier alpha value is -4.94. The van der Waals surface area contributed by atoms with Crippen molar-refractivity contribution < 1.29 is 33.4 Å². The highest BCUT2D eigenvalue weighted by Gasteiger charge is 2.49. The molecule has 3 aromatic rings. The van der Waals surface area contributed by atoms with E-state index in [9.17, 15) is 19.2 Å². The van der Waals surface area contributed by atoms with Crippen LogP contribution in [0.4, 0.5) is 11.4 Å². The average molecular weight is 630 g/mol. The van der Waals surface area contributed by atoms with Gasteiger partial charge in [0.15, 0.2) is 5.60 Å². The van der Waals surface area contributed by atoms with Crippen LogP contribution in [0.1, 0.15) is 55.4 Å². The van der Waals surface area contributed by atoms with Gasteiger partial charge in [-0.1, -0.05) is 38.1 Å². The number of primary amides is 1. The molecular formula is C34H39N5O7. The van der Waals surface area contributed by atoms with Crippen molar-refractivity contribution >= 4 is 35.0 Å². The SMILES string of the molecule is COCC(=O)N[C@@H](CC(C)C)C(=O)N[C@@H](CCC(N)=O)C(=O)Nc1ccc2c(c1)Oc1cc(N)ccc1C21OCc2ccccc21. The van der Waals surface area contributed by atoms with Gasteiger partial charge in [-0.15, -0.1) is 0 Å². The summed E-state index contributed by atoms with van der Waals surface area (Å²) in [6.07, 6.45) is 0.135. The van der Waals surface area contributed by atoms with E-state index in [0.29, 0.717) is 35.9 Å². The molecule has 0 fully saturated rings. The summed E-state index contributed by atoms with van der Waals surface area (Å²) >= 11 is 0. The normalized spacial score (nSPS) is 17.2. The lowest BCUT2D eigenvalue weighted by Crippen LogP contribution is -2.53. The molecule has 0 bridgehead atoms. The molecule has 46 heavy (non-hydrogen) atoms. The van der Waals surface area contributed by atoms with E-state index in [1.807, 2.05) is 56.3 Å². The molecule has 12 nitrogen and oxygen atoms in total. The molecule has 0 saturated heterocycles. The number of hydrogen-bond acceptors (Lipinski definition) is 8. The number of benzene rings is 3. The molecule has 7 N–H and O–H groups in total. The third-order valence-electron chi connectivity index (χ3n) is 8.02. The highest BCUT2D eigenvalue weighted by Crippen LogP contribution is 2.56. The highest BCUT2D eigenvalue weighted by molar-refractivity contribution is 5.99. The molecule has 0 saturated carbocycles. The monoisotopic (exact) mass is 629 g/mol. The van der Waals surface area contributed by atoms with Crippen molar-refractivity contribution in [3.05, 3.63) is 82.9 Å². The molecule has 5 rings (SSSR count). The summed E-state index contributed by atoms with van der Waals surface area (Å²) in [4.78, 5) is 50.7. The topological polar surface area (TPSA) is 184 Å². The first-order valence-corrected chi connectivity index (χ1v) is 15.1. The van der Waals surface area contributed by atoms with E-state index < -0.39 is 41.3 Å². The Morgan fingerprint density at radius 2 is 1.63 bits per heavy atom. The minimum atomic E-state index is -1.12. The standard InChI is InChI=1S/C34H39N5O7/c1-19(2)14-27(38-31(41)18-44-3)33(43)39-26(12-13-30(36)40)32(42)37-22-9-11-25-29(16-22)46-28-15-21(35)8-10-24(28)34(25)23-7-5-4-6-20(23)17-45-34/h4-11,15-16,19,26-27H,12-14,17-18,35H2,1-3H3,(H2,36,40)(H,37,42)(H,38,41)(H,39,43)/t26-,27-,34?/m0/s1. The lowest BCUT2D eigenvalue weighted by atomic mass is 9.77. The lowest BCUT2D eigenvalue weighted by molar-refractivity contribution is -0.132. The van der Waals surface area contributed by atoms with Gasteiger partial charge in [0.05, 0.1) is 6.61 Å². The van der Waals surface area contributed by atoms with Crippen LogP contribution >= 0.6 is 0 Å². The maximum Gasteiger partial charge on any atom is 0.246 e. The Morgan fingerprint density at radius 3 is 2.35 bits per heavy atom. The van der Waals surface area contributed by atoms with E-state index in [-0.39, 0.29) is 25.4 Å². The molecule has 2 aliphatic rings. The summed E-state index contributed by atoms with van der Waals surface area (Å²) in [6.45, 7) is 4.00. The van der Waals surface area contributed by atoms with Gasteiger partial charge in [0.2, 0.25) is 23.6 Å².